The Bertz CT molecular complexity index is 1160. The minimum Gasteiger partial charge on any atom is -0.326 e. The second-order valence-electron chi connectivity index (χ2n) is 7.29. The average Bonchev–Trinajstić information content (AvgIpc) is 3.54. The molecule has 4 aromatic rings. The summed E-state index contributed by atoms with van der Waals surface area (Å²) in [4.78, 5) is 32.5. The van der Waals surface area contributed by atoms with Crippen LogP contribution < -0.4 is 5.32 Å². The highest BCUT2D eigenvalue weighted by molar-refractivity contribution is 7.12. The number of imidazole rings is 1. The zero-order valence-electron chi connectivity index (χ0n) is 16.2. The van der Waals surface area contributed by atoms with Crippen LogP contribution in [-0.4, -0.2) is 38.7 Å². The number of hydrogen-bond acceptors (Lipinski definition) is 4. The van der Waals surface area contributed by atoms with Crippen molar-refractivity contribution in [2.75, 3.05) is 11.9 Å². The van der Waals surface area contributed by atoms with E-state index in [0.29, 0.717) is 23.5 Å². The number of nitrogens with zero attached hydrogens (tertiary/aromatic N) is 3. The molecular formula is C23H20N4O2S. The number of aromatic nitrogens is 2. The van der Waals surface area contributed by atoms with Gasteiger partial charge in [-0.3, -0.25) is 9.59 Å². The number of hydrogen-bond donors (Lipinski definition) is 1. The molecule has 1 aliphatic heterocycles. The van der Waals surface area contributed by atoms with Crippen LogP contribution in [0.2, 0.25) is 0 Å². The van der Waals surface area contributed by atoms with Crippen LogP contribution in [0.25, 0.3) is 16.9 Å². The topological polar surface area (TPSA) is 66.7 Å². The van der Waals surface area contributed by atoms with Crippen molar-refractivity contribution in [3.05, 3.63) is 77.2 Å². The fraction of sp³-hybridized carbons (Fsp3) is 0.174. The van der Waals surface area contributed by atoms with Crippen molar-refractivity contribution in [2.24, 2.45) is 0 Å². The van der Waals surface area contributed by atoms with Crippen LogP contribution in [0, 0.1) is 0 Å². The number of rotatable bonds is 4. The first-order chi connectivity index (χ1) is 14.7. The molecule has 1 unspecified atom stereocenters. The molecule has 30 heavy (non-hydrogen) atoms. The second-order valence-corrected chi connectivity index (χ2v) is 8.24. The van der Waals surface area contributed by atoms with E-state index in [1.54, 1.807) is 11.0 Å². The van der Waals surface area contributed by atoms with E-state index in [-0.39, 0.29) is 11.8 Å². The lowest BCUT2D eigenvalue weighted by atomic mass is 10.1. The van der Waals surface area contributed by atoms with Gasteiger partial charge in [-0.25, -0.2) is 4.98 Å². The lowest BCUT2D eigenvalue weighted by Crippen LogP contribution is -2.42. The number of thiophene rings is 1. The number of carbonyl (C=O) groups is 2. The maximum atomic E-state index is 12.9. The summed E-state index contributed by atoms with van der Waals surface area (Å²) in [6.07, 6.45) is 5.46. The summed E-state index contributed by atoms with van der Waals surface area (Å²) < 4.78 is 1.98. The largest absolute Gasteiger partial charge is 0.326 e. The molecule has 0 aliphatic carbocycles. The van der Waals surface area contributed by atoms with Gasteiger partial charge in [0, 0.05) is 30.2 Å². The maximum absolute atomic E-state index is 12.9. The Balaban J connectivity index is 1.29. The summed E-state index contributed by atoms with van der Waals surface area (Å²) >= 11 is 1.41. The third-order valence-electron chi connectivity index (χ3n) is 5.36. The van der Waals surface area contributed by atoms with Crippen molar-refractivity contribution in [3.63, 3.8) is 0 Å². The molecule has 2 amide bonds. The fourth-order valence-corrected chi connectivity index (χ4v) is 4.53. The van der Waals surface area contributed by atoms with Crippen molar-refractivity contribution in [2.45, 2.75) is 18.9 Å². The molecule has 0 radical (unpaired) electrons. The first kappa shape index (κ1) is 18.6. The Morgan fingerprint density at radius 1 is 1.07 bits per heavy atom. The van der Waals surface area contributed by atoms with Gasteiger partial charge in [-0.15, -0.1) is 11.3 Å². The molecule has 0 saturated carbocycles. The molecule has 1 atom stereocenters. The van der Waals surface area contributed by atoms with Crippen LogP contribution in [0.3, 0.4) is 0 Å². The summed E-state index contributed by atoms with van der Waals surface area (Å²) in [6, 6.07) is 16.7. The van der Waals surface area contributed by atoms with Crippen molar-refractivity contribution in [3.8, 4) is 11.3 Å². The van der Waals surface area contributed by atoms with Gasteiger partial charge >= 0.3 is 0 Å². The molecule has 1 aliphatic rings. The first-order valence-electron chi connectivity index (χ1n) is 9.88. The molecule has 150 valence electrons. The summed E-state index contributed by atoms with van der Waals surface area (Å²) in [6.45, 7) is 0.613. The number of amides is 2. The minimum absolute atomic E-state index is 0.0650. The highest BCUT2D eigenvalue weighted by atomic mass is 32.1. The third kappa shape index (κ3) is 3.48. The lowest BCUT2D eigenvalue weighted by molar-refractivity contribution is -0.119. The van der Waals surface area contributed by atoms with Gasteiger partial charge in [-0.05, 0) is 48.6 Å². The number of benzene rings is 1. The number of pyridine rings is 1. The minimum atomic E-state index is -0.433. The monoisotopic (exact) mass is 416 g/mol. The zero-order valence-corrected chi connectivity index (χ0v) is 17.0. The van der Waals surface area contributed by atoms with Gasteiger partial charge in [0.05, 0.1) is 10.6 Å². The average molecular weight is 417 g/mol. The summed E-state index contributed by atoms with van der Waals surface area (Å²) in [5.74, 6) is -0.206. The molecule has 0 bridgehead atoms. The molecule has 0 spiro atoms. The summed E-state index contributed by atoms with van der Waals surface area (Å²) in [5, 5.41) is 4.84. The molecule has 4 heterocycles. The van der Waals surface area contributed by atoms with Crippen molar-refractivity contribution in [1.82, 2.24) is 14.3 Å². The smallest absolute Gasteiger partial charge is 0.264 e. The predicted octanol–water partition coefficient (Wildman–Crippen LogP) is 4.31. The maximum Gasteiger partial charge on any atom is 0.264 e. The van der Waals surface area contributed by atoms with E-state index < -0.39 is 6.04 Å². The number of likely N-dealkylation sites (tertiary alicyclic amines) is 1. The molecule has 1 saturated heterocycles. The zero-order chi connectivity index (χ0) is 20.5. The van der Waals surface area contributed by atoms with Crippen LogP contribution in [0.1, 0.15) is 22.5 Å². The lowest BCUT2D eigenvalue weighted by Gasteiger charge is -2.23. The highest BCUT2D eigenvalue weighted by Crippen LogP contribution is 2.25. The molecule has 7 heteroatoms. The van der Waals surface area contributed by atoms with Gasteiger partial charge in [-0.1, -0.05) is 24.3 Å². The standard InChI is InChI=1S/C23H20N4O2S/c28-22(19-5-3-13-27(19)23(29)20-6-4-14-30-20)24-17-10-8-16(9-11-17)18-15-26-12-2-1-7-21(26)25-18/h1-2,4,6-12,14-15,19H,3,5,13H2,(H,24,28). The number of carbonyl (C=O) groups excluding carboxylic acids is 2. The van der Waals surface area contributed by atoms with Gasteiger partial charge in [0.15, 0.2) is 0 Å². The van der Waals surface area contributed by atoms with Gasteiger partial charge < -0.3 is 14.6 Å². The Kier molecular flexibility index (Phi) is 4.80. The Morgan fingerprint density at radius 2 is 1.93 bits per heavy atom. The number of anilines is 1. The Labute approximate surface area is 177 Å². The van der Waals surface area contributed by atoms with E-state index in [1.165, 1.54) is 11.3 Å². The Hall–Kier alpha value is -3.45. The van der Waals surface area contributed by atoms with Gasteiger partial charge in [-0.2, -0.15) is 0 Å². The quantitative estimate of drug-likeness (QED) is 0.539. The molecule has 1 aromatic carbocycles. The highest BCUT2D eigenvalue weighted by Gasteiger charge is 2.34. The first-order valence-corrected chi connectivity index (χ1v) is 10.8. The third-order valence-corrected chi connectivity index (χ3v) is 6.22. The molecule has 6 nitrogen and oxygen atoms in total. The van der Waals surface area contributed by atoms with Crippen LogP contribution in [0.4, 0.5) is 5.69 Å². The van der Waals surface area contributed by atoms with Crippen molar-refractivity contribution >= 4 is 34.5 Å². The van der Waals surface area contributed by atoms with E-state index in [9.17, 15) is 9.59 Å². The van der Waals surface area contributed by atoms with Crippen LogP contribution in [0.15, 0.2) is 72.4 Å². The van der Waals surface area contributed by atoms with E-state index in [1.807, 2.05) is 70.7 Å². The van der Waals surface area contributed by atoms with E-state index in [2.05, 4.69) is 10.3 Å². The van der Waals surface area contributed by atoms with Gasteiger partial charge in [0.25, 0.3) is 5.91 Å². The molecule has 3 aromatic heterocycles. The van der Waals surface area contributed by atoms with E-state index in [4.69, 9.17) is 0 Å². The Morgan fingerprint density at radius 3 is 2.70 bits per heavy atom. The van der Waals surface area contributed by atoms with Crippen LogP contribution in [-0.2, 0) is 4.79 Å². The molecule has 5 rings (SSSR count). The second kappa shape index (κ2) is 7.76. The summed E-state index contributed by atoms with van der Waals surface area (Å²) in [5.41, 5.74) is 3.46. The van der Waals surface area contributed by atoms with Crippen LogP contribution in [0.5, 0.6) is 0 Å². The van der Waals surface area contributed by atoms with Crippen molar-refractivity contribution < 1.29 is 9.59 Å². The van der Waals surface area contributed by atoms with Crippen LogP contribution >= 0.6 is 11.3 Å². The fourth-order valence-electron chi connectivity index (χ4n) is 3.85. The van der Waals surface area contributed by atoms with Gasteiger partial charge in [0.2, 0.25) is 5.91 Å². The molecular weight excluding hydrogens is 396 g/mol. The number of nitrogens with one attached hydrogen (secondary N) is 1. The molecule has 1 fully saturated rings. The van der Waals surface area contributed by atoms with Gasteiger partial charge in [0.1, 0.15) is 11.7 Å². The van der Waals surface area contributed by atoms with Crippen molar-refractivity contribution in [1.29, 1.82) is 0 Å². The predicted molar refractivity (Wildman–Crippen MR) is 118 cm³/mol. The van der Waals surface area contributed by atoms with E-state index in [0.717, 1.165) is 23.3 Å². The normalized spacial score (nSPS) is 16.1. The summed E-state index contributed by atoms with van der Waals surface area (Å²) in [7, 11) is 0. The number of fused-ring (bicyclic) bond motifs is 1. The molecule has 1 N–H and O–H groups in total. The van der Waals surface area contributed by atoms with E-state index >= 15 is 0 Å². The SMILES string of the molecule is O=C(Nc1ccc(-c2cn3ccccc3n2)cc1)C1CCCN1C(=O)c1cccs1.